The molecule has 0 radical (unpaired) electrons. The topological polar surface area (TPSA) is 73.1 Å². The Balaban J connectivity index is 2.81. The van der Waals surface area contributed by atoms with E-state index in [0.29, 0.717) is 18.5 Å². The summed E-state index contributed by atoms with van der Waals surface area (Å²) in [5.41, 5.74) is 0.479. The van der Waals surface area contributed by atoms with E-state index in [1.165, 1.54) is 0 Å². The molecule has 0 heterocycles. The monoisotopic (exact) mass is 302 g/mol. The third-order valence-electron chi connectivity index (χ3n) is 3.86. The minimum atomic E-state index is -0.715. The number of nitrogens with one attached hydrogen (secondary N) is 1. The van der Waals surface area contributed by atoms with Crippen LogP contribution in [0.15, 0.2) is 24.3 Å². The van der Waals surface area contributed by atoms with Gasteiger partial charge in [0.2, 0.25) is 5.91 Å². The van der Waals surface area contributed by atoms with Crippen LogP contribution < -0.4 is 5.32 Å². The van der Waals surface area contributed by atoms with Crippen LogP contribution >= 0.6 is 0 Å². The third kappa shape index (κ3) is 4.85. The normalized spacial score (nSPS) is 13.3. The fourth-order valence-electron chi connectivity index (χ4n) is 2.52. The summed E-state index contributed by atoms with van der Waals surface area (Å²) in [6.45, 7) is 9.98. The largest absolute Gasteiger partial charge is 0.393 e. The molecule has 120 valence electrons. The number of hydrogen-bond donors (Lipinski definition) is 2. The van der Waals surface area contributed by atoms with E-state index in [1.807, 2.05) is 33.8 Å². The summed E-state index contributed by atoms with van der Waals surface area (Å²) < 4.78 is 0. The van der Waals surface area contributed by atoms with Crippen molar-refractivity contribution < 1.29 is 9.90 Å². The third-order valence-corrected chi connectivity index (χ3v) is 3.86. The molecule has 1 unspecified atom stereocenters. The molecule has 0 bridgehead atoms. The first-order valence-electron chi connectivity index (χ1n) is 7.55. The number of aliphatic hydroxyl groups is 1. The molecule has 1 amide bonds. The Kier molecular flexibility index (Phi) is 5.73. The Hall–Kier alpha value is -1.86. The van der Waals surface area contributed by atoms with Gasteiger partial charge in [0.05, 0.1) is 23.2 Å². The van der Waals surface area contributed by atoms with Gasteiger partial charge < -0.3 is 10.4 Å². The molecule has 1 aromatic carbocycles. The van der Waals surface area contributed by atoms with E-state index in [-0.39, 0.29) is 11.3 Å². The maximum Gasteiger partial charge on any atom is 0.230 e. The summed E-state index contributed by atoms with van der Waals surface area (Å²) in [4.78, 5) is 12.5. The molecule has 4 nitrogen and oxygen atoms in total. The Bertz CT molecular complexity index is 569. The van der Waals surface area contributed by atoms with Gasteiger partial charge in [0, 0.05) is 6.54 Å². The second-order valence-electron chi connectivity index (χ2n) is 7.22. The van der Waals surface area contributed by atoms with Gasteiger partial charge in [0.25, 0.3) is 0 Å². The van der Waals surface area contributed by atoms with Crippen LogP contribution in [0.4, 0.5) is 0 Å². The lowest BCUT2D eigenvalue weighted by Gasteiger charge is -2.30. The van der Waals surface area contributed by atoms with Crippen molar-refractivity contribution in [2.45, 2.75) is 52.6 Å². The van der Waals surface area contributed by atoms with Crippen molar-refractivity contribution in [3.8, 4) is 6.07 Å². The van der Waals surface area contributed by atoms with Crippen LogP contribution in [0.1, 0.15) is 52.2 Å². The van der Waals surface area contributed by atoms with Gasteiger partial charge in [-0.15, -0.1) is 0 Å². The summed E-state index contributed by atoms with van der Waals surface area (Å²) >= 11 is 0. The number of nitriles is 1. The first-order chi connectivity index (χ1) is 10.1. The smallest absolute Gasteiger partial charge is 0.230 e. The predicted molar refractivity (Wildman–Crippen MR) is 87.3 cm³/mol. The van der Waals surface area contributed by atoms with Crippen LogP contribution in [0.5, 0.6) is 0 Å². The predicted octanol–water partition coefficient (Wildman–Crippen LogP) is 2.75. The van der Waals surface area contributed by atoms with Crippen molar-refractivity contribution in [2.75, 3.05) is 6.54 Å². The molecule has 2 N–H and O–H groups in total. The number of rotatable bonds is 6. The lowest BCUT2D eigenvalue weighted by atomic mass is 9.82. The maximum atomic E-state index is 12.5. The molecule has 4 heteroatoms. The van der Waals surface area contributed by atoms with Gasteiger partial charge in [-0.05, 0) is 50.3 Å². The van der Waals surface area contributed by atoms with Crippen LogP contribution in [-0.2, 0) is 10.2 Å². The summed E-state index contributed by atoms with van der Waals surface area (Å²) in [5.74, 6) is -0.0822. The molecular formula is C18H26N2O2. The van der Waals surface area contributed by atoms with E-state index >= 15 is 0 Å². The fraction of sp³-hybridized carbons (Fsp3) is 0.556. The van der Waals surface area contributed by atoms with Crippen LogP contribution in [0.2, 0.25) is 0 Å². The highest BCUT2D eigenvalue weighted by molar-refractivity contribution is 5.87. The standard InChI is InChI=1S/C18H26N2O2/c1-13(21)10-17(2,3)12-20-16(22)18(4,5)15-8-6-7-14(9-15)11-19/h6-9,13,21H,10,12H2,1-5H3,(H,20,22). The highest BCUT2D eigenvalue weighted by Gasteiger charge is 2.31. The van der Waals surface area contributed by atoms with E-state index in [4.69, 9.17) is 5.26 Å². The molecule has 22 heavy (non-hydrogen) atoms. The van der Waals surface area contributed by atoms with Crippen LogP contribution in [0.3, 0.4) is 0 Å². The molecule has 0 fully saturated rings. The van der Waals surface area contributed by atoms with E-state index < -0.39 is 11.5 Å². The molecule has 1 aromatic rings. The van der Waals surface area contributed by atoms with Gasteiger partial charge in [-0.3, -0.25) is 4.79 Å². The number of aliphatic hydroxyl groups excluding tert-OH is 1. The van der Waals surface area contributed by atoms with Crippen molar-refractivity contribution in [1.82, 2.24) is 5.32 Å². The SMILES string of the molecule is CC(O)CC(C)(C)CNC(=O)C(C)(C)c1cccc(C#N)c1. The summed E-state index contributed by atoms with van der Waals surface area (Å²) in [6.07, 6.45) is 0.227. The minimum absolute atomic E-state index is 0.0822. The van der Waals surface area contributed by atoms with Gasteiger partial charge in [-0.1, -0.05) is 26.0 Å². The molecule has 1 atom stereocenters. The molecule has 0 spiro atoms. The Labute approximate surface area is 133 Å². The highest BCUT2D eigenvalue weighted by Crippen LogP contribution is 2.26. The number of hydrogen-bond acceptors (Lipinski definition) is 3. The second kappa shape index (κ2) is 6.93. The lowest BCUT2D eigenvalue weighted by molar-refractivity contribution is -0.126. The first-order valence-corrected chi connectivity index (χ1v) is 7.55. The number of nitrogens with zero attached hydrogens (tertiary/aromatic N) is 1. The molecule has 0 aliphatic carbocycles. The number of carbonyl (C=O) groups is 1. The average Bonchev–Trinajstić information content (AvgIpc) is 2.43. The van der Waals surface area contributed by atoms with E-state index in [1.54, 1.807) is 25.1 Å². The Morgan fingerprint density at radius 3 is 2.55 bits per heavy atom. The second-order valence-corrected chi connectivity index (χ2v) is 7.22. The maximum absolute atomic E-state index is 12.5. The van der Waals surface area contributed by atoms with Crippen LogP contribution in [0.25, 0.3) is 0 Å². The molecule has 1 rings (SSSR count). The van der Waals surface area contributed by atoms with Crippen molar-refractivity contribution in [2.24, 2.45) is 5.41 Å². The molecular weight excluding hydrogens is 276 g/mol. The van der Waals surface area contributed by atoms with Crippen molar-refractivity contribution in [1.29, 1.82) is 5.26 Å². The summed E-state index contributed by atoms with van der Waals surface area (Å²) in [6, 6.07) is 9.23. The minimum Gasteiger partial charge on any atom is -0.393 e. The number of carbonyl (C=O) groups excluding carboxylic acids is 1. The van der Waals surface area contributed by atoms with Crippen molar-refractivity contribution in [3.63, 3.8) is 0 Å². The molecule has 0 aliphatic heterocycles. The molecule has 0 aromatic heterocycles. The molecule has 0 saturated carbocycles. The van der Waals surface area contributed by atoms with E-state index in [0.717, 1.165) is 5.56 Å². The van der Waals surface area contributed by atoms with Crippen molar-refractivity contribution >= 4 is 5.91 Å². The lowest BCUT2D eigenvalue weighted by Crippen LogP contribution is -2.44. The quantitative estimate of drug-likeness (QED) is 0.848. The molecule has 0 saturated heterocycles. The van der Waals surface area contributed by atoms with Gasteiger partial charge >= 0.3 is 0 Å². The Morgan fingerprint density at radius 2 is 2.00 bits per heavy atom. The van der Waals surface area contributed by atoms with Crippen LogP contribution in [-0.4, -0.2) is 23.7 Å². The number of amides is 1. The first kappa shape index (κ1) is 18.2. The zero-order valence-electron chi connectivity index (χ0n) is 14.1. The number of benzene rings is 1. The average molecular weight is 302 g/mol. The van der Waals surface area contributed by atoms with E-state index in [2.05, 4.69) is 11.4 Å². The zero-order valence-corrected chi connectivity index (χ0v) is 14.1. The van der Waals surface area contributed by atoms with Gasteiger partial charge in [0.1, 0.15) is 0 Å². The van der Waals surface area contributed by atoms with Crippen molar-refractivity contribution in [3.05, 3.63) is 35.4 Å². The van der Waals surface area contributed by atoms with Gasteiger partial charge in [-0.2, -0.15) is 5.26 Å². The summed E-state index contributed by atoms with van der Waals surface area (Å²) in [5, 5.41) is 21.5. The van der Waals surface area contributed by atoms with Crippen LogP contribution in [0, 0.1) is 16.7 Å². The van der Waals surface area contributed by atoms with Gasteiger partial charge in [0.15, 0.2) is 0 Å². The highest BCUT2D eigenvalue weighted by atomic mass is 16.3. The Morgan fingerprint density at radius 1 is 1.36 bits per heavy atom. The molecule has 0 aliphatic rings. The van der Waals surface area contributed by atoms with Gasteiger partial charge in [-0.25, -0.2) is 0 Å². The fourth-order valence-corrected chi connectivity index (χ4v) is 2.52. The van der Waals surface area contributed by atoms with E-state index in [9.17, 15) is 9.90 Å². The zero-order chi connectivity index (χ0) is 17.0. The summed E-state index contributed by atoms with van der Waals surface area (Å²) in [7, 11) is 0.